The van der Waals surface area contributed by atoms with Crippen molar-refractivity contribution in [3.63, 3.8) is 0 Å². The summed E-state index contributed by atoms with van der Waals surface area (Å²) in [5.41, 5.74) is 0.622. The van der Waals surface area contributed by atoms with E-state index in [0.29, 0.717) is 11.8 Å². The number of rotatable bonds is 6. The summed E-state index contributed by atoms with van der Waals surface area (Å²) >= 11 is 0. The van der Waals surface area contributed by atoms with Crippen LogP contribution in [0, 0.1) is 5.41 Å². The molecule has 1 aromatic rings. The SMILES string of the molecule is CCCN(C(=O)c1cnccn1)[C@@H]1C[C@H](OCC)C12CCCC2. The first-order valence-electron chi connectivity index (χ1n) is 8.91. The Morgan fingerprint density at radius 3 is 2.74 bits per heavy atom. The minimum absolute atomic E-state index is 0.0196. The molecule has 0 saturated heterocycles. The Bertz CT molecular complexity index is 528. The lowest BCUT2D eigenvalue weighted by molar-refractivity contribution is -0.156. The van der Waals surface area contributed by atoms with Crippen LogP contribution in [0.2, 0.25) is 0 Å². The van der Waals surface area contributed by atoms with Crippen molar-refractivity contribution in [3.05, 3.63) is 24.3 Å². The normalized spacial score (nSPS) is 25.3. The van der Waals surface area contributed by atoms with Crippen molar-refractivity contribution in [3.8, 4) is 0 Å². The van der Waals surface area contributed by atoms with Crippen molar-refractivity contribution >= 4 is 5.91 Å². The molecule has 0 radical (unpaired) electrons. The molecule has 23 heavy (non-hydrogen) atoms. The summed E-state index contributed by atoms with van der Waals surface area (Å²) in [6.45, 7) is 5.72. The predicted molar refractivity (Wildman–Crippen MR) is 88.1 cm³/mol. The minimum Gasteiger partial charge on any atom is -0.378 e. The van der Waals surface area contributed by atoms with Gasteiger partial charge < -0.3 is 9.64 Å². The van der Waals surface area contributed by atoms with Crippen molar-refractivity contribution in [2.24, 2.45) is 5.41 Å². The molecule has 2 aliphatic rings. The van der Waals surface area contributed by atoms with Crippen LogP contribution >= 0.6 is 0 Å². The third-order valence-electron chi connectivity index (χ3n) is 5.53. The van der Waals surface area contributed by atoms with Crippen LogP contribution in [0.25, 0.3) is 0 Å². The number of carbonyl (C=O) groups excluding carboxylic acids is 1. The fourth-order valence-corrected chi connectivity index (χ4v) is 4.48. The predicted octanol–water partition coefficient (Wildman–Crippen LogP) is 3.07. The first-order valence-corrected chi connectivity index (χ1v) is 8.91. The average Bonchev–Trinajstić information content (AvgIpc) is 3.10. The molecule has 126 valence electrons. The lowest BCUT2D eigenvalue weighted by Crippen LogP contribution is -2.65. The lowest BCUT2D eigenvalue weighted by Gasteiger charge is -2.57. The molecule has 1 amide bonds. The van der Waals surface area contributed by atoms with Gasteiger partial charge in [0.25, 0.3) is 5.91 Å². The van der Waals surface area contributed by atoms with Crippen molar-refractivity contribution in [1.82, 2.24) is 14.9 Å². The number of ether oxygens (including phenoxy) is 1. The van der Waals surface area contributed by atoms with E-state index in [4.69, 9.17) is 4.74 Å². The zero-order chi connectivity index (χ0) is 16.3. The summed E-state index contributed by atoms with van der Waals surface area (Å²) in [7, 11) is 0. The van der Waals surface area contributed by atoms with Crippen LogP contribution in [-0.2, 0) is 4.74 Å². The van der Waals surface area contributed by atoms with Crippen LogP contribution < -0.4 is 0 Å². The molecular formula is C18H27N3O2. The van der Waals surface area contributed by atoms with E-state index in [-0.39, 0.29) is 17.4 Å². The van der Waals surface area contributed by atoms with Crippen LogP contribution in [0.4, 0.5) is 0 Å². The number of hydrogen-bond acceptors (Lipinski definition) is 4. The maximum Gasteiger partial charge on any atom is 0.274 e. The highest BCUT2D eigenvalue weighted by molar-refractivity contribution is 5.92. The number of nitrogens with zero attached hydrogens (tertiary/aromatic N) is 3. The molecule has 2 atom stereocenters. The molecule has 5 heteroatoms. The van der Waals surface area contributed by atoms with Crippen LogP contribution in [0.1, 0.15) is 62.9 Å². The molecule has 0 unspecified atom stereocenters. The Labute approximate surface area is 138 Å². The third-order valence-corrected chi connectivity index (χ3v) is 5.53. The van der Waals surface area contributed by atoms with Crippen LogP contribution in [0.5, 0.6) is 0 Å². The molecule has 5 nitrogen and oxygen atoms in total. The molecule has 2 fully saturated rings. The van der Waals surface area contributed by atoms with Crippen molar-refractivity contribution in [1.29, 1.82) is 0 Å². The lowest BCUT2D eigenvalue weighted by atomic mass is 9.59. The van der Waals surface area contributed by atoms with Crippen LogP contribution in [0.3, 0.4) is 0 Å². The molecule has 1 aromatic heterocycles. The summed E-state index contributed by atoms with van der Waals surface area (Å²) in [5, 5.41) is 0. The Hall–Kier alpha value is -1.49. The van der Waals surface area contributed by atoms with Gasteiger partial charge in [0.05, 0.1) is 12.3 Å². The first-order chi connectivity index (χ1) is 11.2. The molecular weight excluding hydrogens is 290 g/mol. The second kappa shape index (κ2) is 6.95. The molecule has 1 spiro atoms. The van der Waals surface area contributed by atoms with Gasteiger partial charge in [-0.15, -0.1) is 0 Å². The molecule has 1 heterocycles. The summed E-state index contributed by atoms with van der Waals surface area (Å²) in [5.74, 6) is 0.0196. The largest absolute Gasteiger partial charge is 0.378 e. The highest BCUT2D eigenvalue weighted by atomic mass is 16.5. The van der Waals surface area contributed by atoms with Gasteiger partial charge in [-0.3, -0.25) is 9.78 Å². The minimum atomic E-state index is 0.0196. The highest BCUT2D eigenvalue weighted by Gasteiger charge is 2.59. The summed E-state index contributed by atoms with van der Waals surface area (Å²) in [4.78, 5) is 23.3. The average molecular weight is 317 g/mol. The van der Waals surface area contributed by atoms with Gasteiger partial charge >= 0.3 is 0 Å². The van der Waals surface area contributed by atoms with Crippen LogP contribution in [-0.4, -0.2) is 46.1 Å². The number of carbonyl (C=O) groups is 1. The summed E-state index contributed by atoms with van der Waals surface area (Å²) in [6, 6.07) is 0.288. The fourth-order valence-electron chi connectivity index (χ4n) is 4.48. The number of hydrogen-bond donors (Lipinski definition) is 0. The van der Waals surface area contributed by atoms with Gasteiger partial charge in [0.1, 0.15) is 5.69 Å². The molecule has 0 aromatic carbocycles. The number of aromatic nitrogens is 2. The zero-order valence-corrected chi connectivity index (χ0v) is 14.2. The van der Waals surface area contributed by atoms with Gasteiger partial charge in [0.15, 0.2) is 0 Å². The van der Waals surface area contributed by atoms with Gasteiger partial charge in [-0.1, -0.05) is 19.8 Å². The van der Waals surface area contributed by atoms with E-state index >= 15 is 0 Å². The third kappa shape index (κ3) is 2.87. The Kier molecular flexibility index (Phi) is 4.95. The maximum atomic E-state index is 13.0. The van der Waals surface area contributed by atoms with Gasteiger partial charge in [0, 0.05) is 37.0 Å². The smallest absolute Gasteiger partial charge is 0.274 e. The van der Waals surface area contributed by atoms with E-state index in [2.05, 4.69) is 23.8 Å². The van der Waals surface area contributed by atoms with E-state index in [1.165, 1.54) is 25.7 Å². The molecule has 0 N–H and O–H groups in total. The molecule has 0 bridgehead atoms. The molecule has 2 aliphatic carbocycles. The van der Waals surface area contributed by atoms with Gasteiger partial charge in [0.2, 0.25) is 0 Å². The van der Waals surface area contributed by atoms with Gasteiger partial charge in [-0.25, -0.2) is 4.98 Å². The number of amides is 1. The molecule has 2 saturated carbocycles. The van der Waals surface area contributed by atoms with Crippen molar-refractivity contribution in [2.45, 2.75) is 64.5 Å². The fraction of sp³-hybridized carbons (Fsp3) is 0.722. The quantitative estimate of drug-likeness (QED) is 0.809. The maximum absolute atomic E-state index is 13.0. The second-order valence-electron chi connectivity index (χ2n) is 6.72. The Morgan fingerprint density at radius 1 is 1.35 bits per heavy atom. The first kappa shape index (κ1) is 16.4. The molecule has 0 aliphatic heterocycles. The Balaban J connectivity index is 1.82. The highest BCUT2D eigenvalue weighted by Crippen LogP contribution is 2.56. The second-order valence-corrected chi connectivity index (χ2v) is 6.72. The summed E-state index contributed by atoms with van der Waals surface area (Å²) < 4.78 is 5.99. The van der Waals surface area contributed by atoms with Gasteiger partial charge in [-0.05, 0) is 32.6 Å². The molecule has 3 rings (SSSR count). The van der Waals surface area contributed by atoms with E-state index in [0.717, 1.165) is 26.0 Å². The zero-order valence-electron chi connectivity index (χ0n) is 14.2. The van der Waals surface area contributed by atoms with Crippen molar-refractivity contribution < 1.29 is 9.53 Å². The topological polar surface area (TPSA) is 55.3 Å². The van der Waals surface area contributed by atoms with Crippen LogP contribution in [0.15, 0.2) is 18.6 Å². The van der Waals surface area contributed by atoms with E-state index in [1.807, 2.05) is 4.90 Å². The van der Waals surface area contributed by atoms with E-state index < -0.39 is 0 Å². The van der Waals surface area contributed by atoms with E-state index in [1.54, 1.807) is 18.6 Å². The monoisotopic (exact) mass is 317 g/mol. The van der Waals surface area contributed by atoms with Gasteiger partial charge in [-0.2, -0.15) is 0 Å². The summed E-state index contributed by atoms with van der Waals surface area (Å²) in [6.07, 6.45) is 11.9. The van der Waals surface area contributed by atoms with E-state index in [9.17, 15) is 4.79 Å². The standard InChI is InChI=1S/C18H27N3O2/c1-3-11-21(17(22)14-13-19-9-10-20-14)15-12-16(23-4-2)18(15)7-5-6-8-18/h9-10,13,15-16H,3-8,11-12H2,1-2H3/t15-,16+/m1/s1. The van der Waals surface area contributed by atoms with Crippen molar-refractivity contribution in [2.75, 3.05) is 13.2 Å². The Morgan fingerprint density at radius 2 is 2.13 bits per heavy atom.